The van der Waals surface area contributed by atoms with Crippen LogP contribution in [-0.2, 0) is 0 Å². The lowest BCUT2D eigenvalue weighted by atomic mass is 9.85. The Labute approximate surface area is 130 Å². The Morgan fingerprint density at radius 1 is 1.29 bits per heavy atom. The summed E-state index contributed by atoms with van der Waals surface area (Å²) in [5.41, 5.74) is 3.80. The molecule has 1 nitrogen and oxygen atoms in total. The van der Waals surface area contributed by atoms with Gasteiger partial charge in [-0.3, -0.25) is 4.98 Å². The minimum absolute atomic E-state index is 0.574. The number of allylic oxidation sites excluding steroid dienone is 6. The van der Waals surface area contributed by atoms with Crippen LogP contribution in [0.3, 0.4) is 0 Å². The largest absolute Gasteiger partial charge is 0.256 e. The molecule has 0 aromatic carbocycles. The molecule has 0 spiro atoms. The third kappa shape index (κ3) is 5.71. The highest BCUT2D eigenvalue weighted by Gasteiger charge is 2.17. The molecule has 1 unspecified atom stereocenters. The fraction of sp³-hybridized carbons (Fsp3) is 0.450. The fourth-order valence-corrected chi connectivity index (χ4v) is 2.26. The van der Waals surface area contributed by atoms with Crippen molar-refractivity contribution in [1.29, 1.82) is 0 Å². The van der Waals surface area contributed by atoms with Gasteiger partial charge in [0.2, 0.25) is 0 Å². The van der Waals surface area contributed by atoms with E-state index in [4.69, 9.17) is 0 Å². The van der Waals surface area contributed by atoms with Gasteiger partial charge in [-0.05, 0) is 49.8 Å². The molecular formula is C20H29N. The van der Waals surface area contributed by atoms with Crippen molar-refractivity contribution in [3.63, 3.8) is 0 Å². The molecule has 21 heavy (non-hydrogen) atoms. The van der Waals surface area contributed by atoms with Crippen LogP contribution in [0.2, 0.25) is 0 Å². The second-order valence-electron chi connectivity index (χ2n) is 5.46. The molecule has 0 radical (unpaired) electrons. The first-order valence-electron chi connectivity index (χ1n) is 8.14. The molecule has 0 bridgehead atoms. The summed E-state index contributed by atoms with van der Waals surface area (Å²) in [7, 11) is 0. The molecule has 0 saturated heterocycles. The Morgan fingerprint density at radius 3 is 2.67 bits per heavy atom. The minimum Gasteiger partial charge on any atom is -0.256 e. The highest BCUT2D eigenvalue weighted by molar-refractivity contribution is 5.69. The van der Waals surface area contributed by atoms with E-state index in [0.717, 1.165) is 18.5 Å². The normalized spacial score (nSPS) is 17.3. The summed E-state index contributed by atoms with van der Waals surface area (Å²) in [6.45, 7) is 8.57. The van der Waals surface area contributed by atoms with Gasteiger partial charge in [0.15, 0.2) is 0 Å². The molecule has 1 aromatic heterocycles. The van der Waals surface area contributed by atoms with E-state index in [1.165, 1.54) is 24.0 Å². The van der Waals surface area contributed by atoms with Crippen LogP contribution in [0.15, 0.2) is 48.7 Å². The first-order chi connectivity index (χ1) is 10.2. The predicted octanol–water partition coefficient (Wildman–Crippen LogP) is 6.12. The third-order valence-electron chi connectivity index (χ3n) is 3.71. The number of nitrogens with zero attached hydrogens (tertiary/aromatic N) is 1. The van der Waals surface area contributed by atoms with Crippen LogP contribution in [0, 0.1) is 12.8 Å². The van der Waals surface area contributed by atoms with Crippen LogP contribution in [0.25, 0.3) is 5.57 Å². The van der Waals surface area contributed by atoms with E-state index in [1.54, 1.807) is 0 Å². The van der Waals surface area contributed by atoms with Crippen LogP contribution < -0.4 is 0 Å². The molecule has 0 N–H and O–H groups in total. The SMILES string of the molecule is CC=CCC1CC=CC=C1c1ncccc1C.CCCC. The van der Waals surface area contributed by atoms with Crippen molar-refractivity contribution in [3.8, 4) is 0 Å². The Bertz CT molecular complexity index is 492. The number of hydrogen-bond donors (Lipinski definition) is 0. The molecule has 0 fully saturated rings. The van der Waals surface area contributed by atoms with Crippen molar-refractivity contribution in [3.05, 3.63) is 60.0 Å². The van der Waals surface area contributed by atoms with E-state index in [0.29, 0.717) is 5.92 Å². The number of aromatic nitrogens is 1. The summed E-state index contributed by atoms with van der Waals surface area (Å²) in [4.78, 5) is 4.53. The Balaban J connectivity index is 0.000000491. The molecule has 114 valence electrons. The lowest BCUT2D eigenvalue weighted by molar-refractivity contribution is 0.685. The van der Waals surface area contributed by atoms with Gasteiger partial charge in [-0.1, -0.05) is 63.1 Å². The molecule has 0 aliphatic heterocycles. The standard InChI is InChI=1S/C16H19N.C4H10/c1-3-4-9-14-10-5-6-11-15(14)16-13(2)8-7-12-17-16;1-3-4-2/h3-8,11-12,14H,9-10H2,1-2H3;3-4H2,1-2H3. The van der Waals surface area contributed by atoms with E-state index in [1.807, 2.05) is 12.3 Å². The number of hydrogen-bond acceptors (Lipinski definition) is 1. The number of rotatable bonds is 4. The molecule has 0 saturated carbocycles. The van der Waals surface area contributed by atoms with Crippen LogP contribution in [0.1, 0.15) is 57.7 Å². The predicted molar refractivity (Wildman–Crippen MR) is 94.2 cm³/mol. The molecule has 2 rings (SSSR count). The molecule has 1 atom stereocenters. The van der Waals surface area contributed by atoms with Crippen molar-refractivity contribution in [1.82, 2.24) is 4.98 Å². The van der Waals surface area contributed by atoms with E-state index in [9.17, 15) is 0 Å². The Morgan fingerprint density at radius 2 is 2.05 bits per heavy atom. The lowest BCUT2D eigenvalue weighted by Gasteiger charge is -2.21. The van der Waals surface area contributed by atoms with Crippen molar-refractivity contribution >= 4 is 5.57 Å². The highest BCUT2D eigenvalue weighted by atomic mass is 14.7. The van der Waals surface area contributed by atoms with E-state index >= 15 is 0 Å². The van der Waals surface area contributed by atoms with Gasteiger partial charge in [0, 0.05) is 6.20 Å². The van der Waals surface area contributed by atoms with E-state index < -0.39 is 0 Å². The van der Waals surface area contributed by atoms with Crippen LogP contribution >= 0.6 is 0 Å². The molecule has 1 aliphatic carbocycles. The van der Waals surface area contributed by atoms with E-state index in [2.05, 4.69) is 69.1 Å². The second kappa shape index (κ2) is 10.1. The van der Waals surface area contributed by atoms with Gasteiger partial charge in [-0.15, -0.1) is 0 Å². The first kappa shape index (κ1) is 17.4. The van der Waals surface area contributed by atoms with Crippen molar-refractivity contribution in [2.24, 2.45) is 5.92 Å². The maximum absolute atomic E-state index is 4.53. The minimum atomic E-state index is 0.574. The zero-order chi connectivity index (χ0) is 15.5. The van der Waals surface area contributed by atoms with Crippen molar-refractivity contribution in [2.75, 3.05) is 0 Å². The maximum atomic E-state index is 4.53. The van der Waals surface area contributed by atoms with Gasteiger partial charge < -0.3 is 0 Å². The average Bonchev–Trinajstić information content (AvgIpc) is 2.54. The molecule has 1 heterocycles. The maximum Gasteiger partial charge on any atom is 0.0693 e. The van der Waals surface area contributed by atoms with Gasteiger partial charge in [0.05, 0.1) is 5.69 Å². The number of pyridine rings is 1. The molecule has 1 aromatic rings. The van der Waals surface area contributed by atoms with Crippen molar-refractivity contribution < 1.29 is 0 Å². The summed E-state index contributed by atoms with van der Waals surface area (Å²) in [5, 5.41) is 0. The average molecular weight is 283 g/mol. The quantitative estimate of drug-likeness (QED) is 0.606. The summed E-state index contributed by atoms with van der Waals surface area (Å²) in [5.74, 6) is 0.574. The lowest BCUT2D eigenvalue weighted by Crippen LogP contribution is -2.07. The van der Waals surface area contributed by atoms with Crippen LogP contribution in [-0.4, -0.2) is 4.98 Å². The van der Waals surface area contributed by atoms with Gasteiger partial charge in [0.25, 0.3) is 0 Å². The van der Waals surface area contributed by atoms with Gasteiger partial charge in [0.1, 0.15) is 0 Å². The molecule has 0 amide bonds. The summed E-state index contributed by atoms with van der Waals surface area (Å²) >= 11 is 0. The molecular weight excluding hydrogens is 254 g/mol. The number of aryl methyl sites for hydroxylation is 1. The Kier molecular flexibility index (Phi) is 8.42. The highest BCUT2D eigenvalue weighted by Crippen LogP contribution is 2.32. The topological polar surface area (TPSA) is 12.9 Å². The van der Waals surface area contributed by atoms with Crippen LogP contribution in [0.4, 0.5) is 0 Å². The Hall–Kier alpha value is -1.63. The van der Waals surface area contributed by atoms with Gasteiger partial charge in [-0.2, -0.15) is 0 Å². The van der Waals surface area contributed by atoms with Crippen LogP contribution in [0.5, 0.6) is 0 Å². The number of unbranched alkanes of at least 4 members (excludes halogenated alkanes) is 1. The van der Waals surface area contributed by atoms with Gasteiger partial charge >= 0.3 is 0 Å². The van der Waals surface area contributed by atoms with Crippen molar-refractivity contribution in [2.45, 2.75) is 53.4 Å². The third-order valence-corrected chi connectivity index (χ3v) is 3.71. The zero-order valence-corrected chi connectivity index (χ0v) is 14.0. The second-order valence-corrected chi connectivity index (χ2v) is 5.46. The smallest absolute Gasteiger partial charge is 0.0693 e. The van der Waals surface area contributed by atoms with E-state index in [-0.39, 0.29) is 0 Å². The summed E-state index contributed by atoms with van der Waals surface area (Å²) < 4.78 is 0. The fourth-order valence-electron chi connectivity index (χ4n) is 2.26. The molecule has 1 aliphatic rings. The molecule has 1 heteroatoms. The first-order valence-corrected chi connectivity index (χ1v) is 8.14. The monoisotopic (exact) mass is 283 g/mol. The summed E-state index contributed by atoms with van der Waals surface area (Å²) in [6, 6.07) is 4.13. The summed E-state index contributed by atoms with van der Waals surface area (Å²) in [6.07, 6.45) is 17.7. The van der Waals surface area contributed by atoms with Gasteiger partial charge in [-0.25, -0.2) is 0 Å². The zero-order valence-electron chi connectivity index (χ0n) is 14.0.